The van der Waals surface area contributed by atoms with Crippen LogP contribution in [-0.4, -0.2) is 27.3 Å². The van der Waals surface area contributed by atoms with Crippen molar-refractivity contribution in [1.29, 1.82) is 0 Å². The molecule has 2 aromatic rings. The molecule has 0 unspecified atom stereocenters. The van der Waals surface area contributed by atoms with Gasteiger partial charge in [-0.3, -0.25) is 14.8 Å². The fourth-order valence-electron chi connectivity index (χ4n) is 0.625. The van der Waals surface area contributed by atoms with Gasteiger partial charge in [0.25, 0.3) is 5.97 Å². The summed E-state index contributed by atoms with van der Waals surface area (Å²) < 4.78 is 0. The molecule has 0 saturated carbocycles. The Kier molecular flexibility index (Phi) is 17.6. The van der Waals surface area contributed by atoms with Gasteiger partial charge in [0.2, 0.25) is 0 Å². The van der Waals surface area contributed by atoms with E-state index in [9.17, 15) is 0 Å². The minimum absolute atomic E-state index is 0.750. The molecular formula is C14H18N2O3. The summed E-state index contributed by atoms with van der Waals surface area (Å²) in [5.74, 6) is -0.833. The molecule has 0 aliphatic carbocycles. The first kappa shape index (κ1) is 18.8. The molecule has 2 rings (SSSR count). The smallest absolute Gasteiger partial charge is 0.300 e. The summed E-state index contributed by atoms with van der Waals surface area (Å²) in [6.07, 6.45) is 7.75. The minimum atomic E-state index is -0.833. The van der Waals surface area contributed by atoms with Gasteiger partial charge in [0.05, 0.1) is 0 Å². The van der Waals surface area contributed by atoms with E-state index in [0.717, 1.165) is 13.2 Å². The van der Waals surface area contributed by atoms with Gasteiger partial charge in [-0.25, -0.2) is 0 Å². The first-order chi connectivity index (χ1) is 9.15. The summed E-state index contributed by atoms with van der Waals surface area (Å²) in [5.41, 5.74) is 0. The first-order valence-corrected chi connectivity index (χ1v) is 5.44. The molecule has 0 saturated heterocycles. The van der Waals surface area contributed by atoms with E-state index in [-0.39, 0.29) is 0 Å². The number of rotatable bonds is 0. The maximum atomic E-state index is 9.00. The quantitative estimate of drug-likeness (QED) is 0.738. The molecule has 19 heavy (non-hydrogen) atoms. The van der Waals surface area contributed by atoms with E-state index in [2.05, 4.69) is 9.97 Å². The van der Waals surface area contributed by atoms with E-state index in [0.29, 0.717) is 0 Å². The van der Waals surface area contributed by atoms with E-state index < -0.39 is 5.97 Å². The highest BCUT2D eigenvalue weighted by Crippen LogP contribution is 1.74. The lowest BCUT2D eigenvalue weighted by Gasteiger charge is -1.70. The van der Waals surface area contributed by atoms with Gasteiger partial charge in [-0.05, 0) is 31.2 Å². The van der Waals surface area contributed by atoms with Gasteiger partial charge in [-0.15, -0.1) is 0 Å². The van der Waals surface area contributed by atoms with Crippen LogP contribution >= 0.6 is 0 Å². The lowest BCUT2D eigenvalue weighted by Crippen LogP contribution is -1.78. The highest BCUT2D eigenvalue weighted by molar-refractivity contribution is 5.62. The molecule has 0 aliphatic heterocycles. The Morgan fingerprint density at radius 2 is 1.11 bits per heavy atom. The predicted molar refractivity (Wildman–Crippen MR) is 73.5 cm³/mol. The van der Waals surface area contributed by atoms with Crippen LogP contribution in [-0.2, 0) is 9.59 Å². The average molecular weight is 262 g/mol. The summed E-state index contributed by atoms with van der Waals surface area (Å²) in [6, 6.07) is 11.4. The first-order valence-electron chi connectivity index (χ1n) is 5.44. The molecule has 0 radical (unpaired) electrons. The fourth-order valence-corrected chi connectivity index (χ4v) is 0.625. The number of hydrogen-bond acceptors (Lipinski definition) is 4. The lowest BCUT2D eigenvalue weighted by molar-refractivity contribution is -0.134. The second kappa shape index (κ2) is 17.8. The van der Waals surface area contributed by atoms with E-state index in [4.69, 9.17) is 14.7 Å². The monoisotopic (exact) mass is 262 g/mol. The Labute approximate surface area is 113 Å². The summed E-state index contributed by atoms with van der Waals surface area (Å²) in [7, 11) is 0. The standard InChI is InChI=1S/2C5H5N.C2H4O2.C2H4O/c2*1-2-4-6-5-3-1;1-2(3)4;1-2-3/h2*1-5H;1H3,(H,3,4);2H,1H3. The fraction of sp³-hybridized carbons (Fsp3) is 0.143. The van der Waals surface area contributed by atoms with Crippen LogP contribution in [0.4, 0.5) is 0 Å². The SMILES string of the molecule is CC(=O)O.CC=O.c1ccncc1.c1ccncc1. The average Bonchev–Trinajstić information content (AvgIpc) is 2.44. The Morgan fingerprint density at radius 1 is 0.895 bits per heavy atom. The summed E-state index contributed by atoms with van der Waals surface area (Å²) in [5, 5.41) is 7.42. The van der Waals surface area contributed by atoms with Gasteiger partial charge in [-0.2, -0.15) is 0 Å². The van der Waals surface area contributed by atoms with Crippen LogP contribution in [0.5, 0.6) is 0 Å². The van der Waals surface area contributed by atoms with E-state index in [1.807, 2.05) is 36.4 Å². The van der Waals surface area contributed by atoms with E-state index >= 15 is 0 Å². The van der Waals surface area contributed by atoms with Gasteiger partial charge in [0, 0.05) is 31.7 Å². The molecule has 5 nitrogen and oxygen atoms in total. The number of pyridine rings is 2. The maximum absolute atomic E-state index is 9.00. The number of aromatic nitrogens is 2. The van der Waals surface area contributed by atoms with Crippen molar-refractivity contribution >= 4 is 12.3 Å². The molecule has 2 aromatic heterocycles. The van der Waals surface area contributed by atoms with Crippen LogP contribution in [0, 0.1) is 0 Å². The lowest BCUT2D eigenvalue weighted by atomic mass is 10.5. The number of carboxylic acid groups (broad SMARTS) is 1. The molecule has 102 valence electrons. The van der Waals surface area contributed by atoms with Crippen molar-refractivity contribution in [2.24, 2.45) is 0 Å². The Bertz CT molecular complexity index is 305. The van der Waals surface area contributed by atoms with Gasteiger partial charge < -0.3 is 9.90 Å². The van der Waals surface area contributed by atoms with Crippen LogP contribution in [0.3, 0.4) is 0 Å². The molecule has 0 amide bonds. The van der Waals surface area contributed by atoms with E-state index in [1.54, 1.807) is 24.8 Å². The van der Waals surface area contributed by atoms with Gasteiger partial charge in [0.15, 0.2) is 0 Å². The Balaban J connectivity index is 0. The largest absolute Gasteiger partial charge is 0.481 e. The Morgan fingerprint density at radius 3 is 1.16 bits per heavy atom. The van der Waals surface area contributed by atoms with Crippen LogP contribution in [0.15, 0.2) is 61.2 Å². The van der Waals surface area contributed by atoms with Crippen molar-refractivity contribution in [1.82, 2.24) is 9.97 Å². The van der Waals surface area contributed by atoms with Crippen molar-refractivity contribution in [2.75, 3.05) is 0 Å². The van der Waals surface area contributed by atoms with Crippen molar-refractivity contribution in [3.63, 3.8) is 0 Å². The van der Waals surface area contributed by atoms with Crippen LogP contribution in [0.1, 0.15) is 13.8 Å². The van der Waals surface area contributed by atoms with E-state index in [1.165, 1.54) is 6.92 Å². The predicted octanol–water partition coefficient (Wildman–Crippen LogP) is 2.46. The highest BCUT2D eigenvalue weighted by Gasteiger charge is 1.65. The van der Waals surface area contributed by atoms with Crippen molar-refractivity contribution in [2.45, 2.75) is 13.8 Å². The van der Waals surface area contributed by atoms with Crippen LogP contribution < -0.4 is 0 Å². The second-order valence-electron chi connectivity index (χ2n) is 2.80. The number of aldehydes is 1. The molecule has 0 aliphatic rings. The van der Waals surface area contributed by atoms with Crippen LogP contribution in [0.2, 0.25) is 0 Å². The number of carboxylic acids is 1. The zero-order valence-corrected chi connectivity index (χ0v) is 11.0. The topological polar surface area (TPSA) is 80.1 Å². The third-order valence-electron chi connectivity index (χ3n) is 1.13. The zero-order chi connectivity index (χ0) is 14.8. The molecule has 0 spiro atoms. The van der Waals surface area contributed by atoms with Gasteiger partial charge in [0.1, 0.15) is 6.29 Å². The molecular weight excluding hydrogens is 244 g/mol. The zero-order valence-electron chi connectivity index (χ0n) is 11.0. The number of carbonyl (C=O) groups is 2. The molecule has 0 bridgehead atoms. The Hall–Kier alpha value is -2.56. The molecule has 5 heteroatoms. The number of nitrogens with zero attached hydrogens (tertiary/aromatic N) is 2. The summed E-state index contributed by atoms with van der Waals surface area (Å²) >= 11 is 0. The number of aliphatic carboxylic acids is 1. The second-order valence-corrected chi connectivity index (χ2v) is 2.80. The molecule has 2 heterocycles. The highest BCUT2D eigenvalue weighted by atomic mass is 16.4. The van der Waals surface area contributed by atoms with Gasteiger partial charge in [-0.1, -0.05) is 12.1 Å². The molecule has 0 atom stereocenters. The molecule has 0 aromatic carbocycles. The van der Waals surface area contributed by atoms with Crippen molar-refractivity contribution in [3.8, 4) is 0 Å². The third kappa shape index (κ3) is 31.3. The normalized spacial score (nSPS) is 7.05. The number of hydrogen-bond donors (Lipinski definition) is 1. The summed E-state index contributed by atoms with van der Waals surface area (Å²) in [4.78, 5) is 25.4. The van der Waals surface area contributed by atoms with Gasteiger partial charge >= 0.3 is 0 Å². The minimum Gasteiger partial charge on any atom is -0.481 e. The molecule has 1 N–H and O–H groups in total. The molecule has 0 fully saturated rings. The summed E-state index contributed by atoms with van der Waals surface area (Å²) in [6.45, 7) is 2.53. The van der Waals surface area contributed by atoms with Crippen molar-refractivity contribution < 1.29 is 14.7 Å². The van der Waals surface area contributed by atoms with Crippen LogP contribution in [0.25, 0.3) is 0 Å². The maximum Gasteiger partial charge on any atom is 0.300 e. The third-order valence-corrected chi connectivity index (χ3v) is 1.13. The van der Waals surface area contributed by atoms with Crippen molar-refractivity contribution in [3.05, 3.63) is 61.2 Å². The number of carbonyl (C=O) groups excluding carboxylic acids is 1.